The Bertz CT molecular complexity index is 365. The van der Waals surface area contributed by atoms with Crippen molar-refractivity contribution in [2.24, 2.45) is 11.8 Å². The van der Waals surface area contributed by atoms with Gasteiger partial charge in [-0.05, 0) is 5.92 Å². The molecular weight excluding hydrogens is 245 g/mol. The van der Waals surface area contributed by atoms with Crippen LogP contribution in [0.5, 0.6) is 0 Å². The quantitative estimate of drug-likeness (QED) is 0.685. The first kappa shape index (κ1) is 14.4. The molecule has 1 aliphatic heterocycles. The maximum atomic E-state index is 12.5. The number of amides is 1. The Hall–Kier alpha value is -0.650. The van der Waals surface area contributed by atoms with Gasteiger partial charge in [0.2, 0.25) is 5.91 Å². The van der Waals surface area contributed by atoms with Crippen molar-refractivity contribution in [2.45, 2.75) is 33.1 Å². The number of carbonyl (C=O) groups is 1. The SMILES string of the molecule is CCC(CC)CN1CC(CS(=O)(=O)F)CC1=O. The van der Waals surface area contributed by atoms with E-state index in [0.717, 1.165) is 12.8 Å². The van der Waals surface area contributed by atoms with Crippen LogP contribution in [0.3, 0.4) is 0 Å². The van der Waals surface area contributed by atoms with Crippen molar-refractivity contribution in [3.63, 3.8) is 0 Å². The molecule has 0 aromatic rings. The number of nitrogens with zero attached hydrogens (tertiary/aromatic N) is 1. The first-order valence-electron chi connectivity index (χ1n) is 6.05. The number of rotatable bonds is 6. The van der Waals surface area contributed by atoms with E-state index in [-0.39, 0.29) is 18.2 Å². The number of likely N-dealkylation sites (tertiary alicyclic amines) is 1. The van der Waals surface area contributed by atoms with Crippen LogP contribution in [0.15, 0.2) is 0 Å². The monoisotopic (exact) mass is 265 g/mol. The second kappa shape index (κ2) is 5.80. The van der Waals surface area contributed by atoms with E-state index >= 15 is 0 Å². The Kier molecular flexibility index (Phi) is 4.91. The molecule has 0 aliphatic carbocycles. The van der Waals surface area contributed by atoms with Gasteiger partial charge in [0.05, 0.1) is 5.75 Å². The van der Waals surface area contributed by atoms with Crippen LogP contribution in [0.1, 0.15) is 33.1 Å². The highest BCUT2D eigenvalue weighted by Crippen LogP contribution is 2.22. The molecule has 4 nitrogen and oxygen atoms in total. The van der Waals surface area contributed by atoms with Crippen LogP contribution in [0.25, 0.3) is 0 Å². The van der Waals surface area contributed by atoms with Crippen molar-refractivity contribution in [1.82, 2.24) is 4.90 Å². The number of hydrogen-bond acceptors (Lipinski definition) is 3. The highest BCUT2D eigenvalue weighted by atomic mass is 32.3. The third-order valence-electron chi connectivity index (χ3n) is 3.36. The van der Waals surface area contributed by atoms with E-state index in [0.29, 0.717) is 19.0 Å². The zero-order chi connectivity index (χ0) is 13.1. The number of hydrogen-bond donors (Lipinski definition) is 0. The lowest BCUT2D eigenvalue weighted by Gasteiger charge is -2.22. The minimum atomic E-state index is -4.47. The lowest BCUT2D eigenvalue weighted by Crippen LogP contribution is -2.31. The standard InChI is InChI=1S/C11H20FNO3S/c1-3-9(4-2)6-13-7-10(5-11(13)14)8-17(12,15)16/h9-10H,3-8H2,1-2H3. The second-order valence-corrected chi connectivity index (χ2v) is 6.17. The van der Waals surface area contributed by atoms with Gasteiger partial charge in [-0.25, -0.2) is 0 Å². The highest BCUT2D eigenvalue weighted by molar-refractivity contribution is 7.86. The molecule has 100 valence electrons. The normalized spacial score (nSPS) is 21.5. The predicted molar refractivity (Wildman–Crippen MR) is 63.7 cm³/mol. The Balaban J connectivity index is 2.52. The van der Waals surface area contributed by atoms with Crippen LogP contribution in [0.4, 0.5) is 3.89 Å². The van der Waals surface area contributed by atoms with Gasteiger partial charge in [-0.1, -0.05) is 26.7 Å². The summed E-state index contributed by atoms with van der Waals surface area (Å²) in [5.74, 6) is -0.518. The third kappa shape index (κ3) is 4.61. The summed E-state index contributed by atoms with van der Waals surface area (Å²) in [6.07, 6.45) is 2.14. The fourth-order valence-electron chi connectivity index (χ4n) is 2.28. The van der Waals surface area contributed by atoms with E-state index in [1.54, 1.807) is 4.90 Å². The molecule has 0 N–H and O–H groups in total. The molecular formula is C11H20FNO3S. The average Bonchev–Trinajstić information content (AvgIpc) is 2.52. The summed E-state index contributed by atoms with van der Waals surface area (Å²) in [6.45, 7) is 5.17. The van der Waals surface area contributed by atoms with Gasteiger partial charge in [-0.3, -0.25) is 4.79 Å². The van der Waals surface area contributed by atoms with Crippen LogP contribution in [0.2, 0.25) is 0 Å². The van der Waals surface area contributed by atoms with E-state index in [4.69, 9.17) is 0 Å². The molecule has 0 aromatic heterocycles. The first-order valence-corrected chi connectivity index (χ1v) is 7.61. The zero-order valence-corrected chi connectivity index (χ0v) is 11.2. The first-order chi connectivity index (χ1) is 7.85. The minimum absolute atomic E-state index is 0.0504. The molecule has 1 atom stereocenters. The van der Waals surface area contributed by atoms with E-state index < -0.39 is 16.0 Å². The molecule has 1 saturated heterocycles. The lowest BCUT2D eigenvalue weighted by atomic mass is 10.0. The lowest BCUT2D eigenvalue weighted by molar-refractivity contribution is -0.128. The zero-order valence-electron chi connectivity index (χ0n) is 10.4. The fraction of sp³-hybridized carbons (Fsp3) is 0.909. The number of halogens is 1. The topological polar surface area (TPSA) is 54.5 Å². The summed E-state index contributed by atoms with van der Waals surface area (Å²) in [5.41, 5.74) is 0. The van der Waals surface area contributed by atoms with Gasteiger partial charge in [-0.2, -0.15) is 8.42 Å². The molecule has 1 heterocycles. The molecule has 1 aliphatic rings. The summed E-state index contributed by atoms with van der Waals surface area (Å²) in [4.78, 5) is 13.3. The van der Waals surface area contributed by atoms with Gasteiger partial charge in [0, 0.05) is 25.4 Å². The molecule has 0 bridgehead atoms. The van der Waals surface area contributed by atoms with E-state index in [9.17, 15) is 17.1 Å². The smallest absolute Gasteiger partial charge is 0.302 e. The molecule has 0 radical (unpaired) electrons. The fourth-order valence-corrected chi connectivity index (χ4v) is 3.07. The van der Waals surface area contributed by atoms with Gasteiger partial charge < -0.3 is 4.90 Å². The molecule has 1 amide bonds. The Morgan fingerprint density at radius 2 is 2.00 bits per heavy atom. The Morgan fingerprint density at radius 1 is 1.41 bits per heavy atom. The molecule has 1 fully saturated rings. The van der Waals surface area contributed by atoms with Gasteiger partial charge in [0.1, 0.15) is 0 Å². The largest absolute Gasteiger partial charge is 0.342 e. The van der Waals surface area contributed by atoms with Crippen LogP contribution < -0.4 is 0 Å². The third-order valence-corrected chi connectivity index (χ3v) is 4.23. The predicted octanol–water partition coefficient (Wildman–Crippen LogP) is 1.57. The van der Waals surface area contributed by atoms with E-state index in [1.165, 1.54) is 0 Å². The molecule has 0 saturated carbocycles. The van der Waals surface area contributed by atoms with Gasteiger partial charge >= 0.3 is 10.2 Å². The van der Waals surface area contributed by atoms with Crippen molar-refractivity contribution in [2.75, 3.05) is 18.8 Å². The highest BCUT2D eigenvalue weighted by Gasteiger charge is 2.33. The van der Waals surface area contributed by atoms with Crippen LogP contribution in [0, 0.1) is 11.8 Å². The number of carbonyl (C=O) groups excluding carboxylic acids is 1. The molecule has 0 spiro atoms. The maximum absolute atomic E-state index is 12.5. The summed E-state index contributed by atoms with van der Waals surface area (Å²) in [6, 6.07) is 0. The second-order valence-electron chi connectivity index (χ2n) is 4.76. The minimum Gasteiger partial charge on any atom is -0.342 e. The molecule has 6 heteroatoms. The molecule has 0 aromatic carbocycles. The molecule has 1 unspecified atom stereocenters. The van der Waals surface area contributed by atoms with Crippen molar-refractivity contribution in [1.29, 1.82) is 0 Å². The van der Waals surface area contributed by atoms with Crippen LogP contribution in [-0.2, 0) is 15.0 Å². The van der Waals surface area contributed by atoms with E-state index in [2.05, 4.69) is 13.8 Å². The Morgan fingerprint density at radius 3 is 2.47 bits per heavy atom. The van der Waals surface area contributed by atoms with Crippen molar-refractivity contribution >= 4 is 16.1 Å². The summed E-state index contributed by atoms with van der Waals surface area (Å²) in [5, 5.41) is 0. The molecule has 1 rings (SSSR count). The van der Waals surface area contributed by atoms with Crippen LogP contribution in [-0.4, -0.2) is 38.1 Å². The van der Waals surface area contributed by atoms with Crippen molar-refractivity contribution < 1.29 is 17.1 Å². The van der Waals surface area contributed by atoms with Gasteiger partial charge in [0.25, 0.3) is 0 Å². The summed E-state index contributed by atoms with van der Waals surface area (Å²) >= 11 is 0. The Labute approximate surface area is 102 Å². The van der Waals surface area contributed by atoms with Crippen molar-refractivity contribution in [3.05, 3.63) is 0 Å². The maximum Gasteiger partial charge on any atom is 0.302 e. The average molecular weight is 265 g/mol. The van der Waals surface area contributed by atoms with Gasteiger partial charge in [0.15, 0.2) is 0 Å². The molecule has 17 heavy (non-hydrogen) atoms. The summed E-state index contributed by atoms with van der Waals surface area (Å²) < 4.78 is 33.6. The van der Waals surface area contributed by atoms with Crippen molar-refractivity contribution in [3.8, 4) is 0 Å². The van der Waals surface area contributed by atoms with Gasteiger partial charge in [-0.15, -0.1) is 3.89 Å². The van der Waals surface area contributed by atoms with E-state index in [1.807, 2.05) is 0 Å². The summed E-state index contributed by atoms with van der Waals surface area (Å²) in [7, 11) is -4.47. The van der Waals surface area contributed by atoms with Crippen LogP contribution >= 0.6 is 0 Å².